The van der Waals surface area contributed by atoms with Crippen molar-refractivity contribution >= 4 is 15.9 Å². The van der Waals surface area contributed by atoms with Gasteiger partial charge in [-0.1, -0.05) is 0 Å². The Morgan fingerprint density at radius 1 is 1.33 bits per heavy atom. The summed E-state index contributed by atoms with van der Waals surface area (Å²) >= 11 is 3.29. The summed E-state index contributed by atoms with van der Waals surface area (Å²) in [6.07, 6.45) is 6.70. The van der Waals surface area contributed by atoms with Crippen LogP contribution < -0.4 is 5.73 Å². The summed E-state index contributed by atoms with van der Waals surface area (Å²) in [5.41, 5.74) is 5.80. The van der Waals surface area contributed by atoms with E-state index in [0.717, 1.165) is 23.1 Å². The van der Waals surface area contributed by atoms with Crippen LogP contribution in [0.2, 0.25) is 0 Å². The molecule has 0 bridgehead atoms. The molecular formula is C8H10BrN3. The molecule has 0 spiro atoms. The first kappa shape index (κ1) is 8.13. The predicted octanol–water partition coefficient (Wildman–Crippen LogP) is 1.58. The van der Waals surface area contributed by atoms with E-state index in [4.69, 9.17) is 5.73 Å². The average Bonchev–Trinajstić information content (AvgIpc) is 2.02. The molecule has 0 radical (unpaired) electrons. The second-order valence-corrected chi connectivity index (χ2v) is 4.15. The molecule has 1 aromatic heterocycles. The zero-order valence-electron chi connectivity index (χ0n) is 6.63. The van der Waals surface area contributed by atoms with Gasteiger partial charge in [-0.25, -0.2) is 9.97 Å². The second-order valence-electron chi connectivity index (χ2n) is 3.23. The molecule has 0 aromatic carbocycles. The molecule has 2 rings (SSSR count). The first-order valence-electron chi connectivity index (χ1n) is 3.98. The van der Waals surface area contributed by atoms with E-state index in [-0.39, 0.29) is 5.54 Å². The van der Waals surface area contributed by atoms with Crippen molar-refractivity contribution in [3.8, 4) is 0 Å². The van der Waals surface area contributed by atoms with E-state index in [1.54, 1.807) is 12.4 Å². The number of rotatable bonds is 1. The van der Waals surface area contributed by atoms with Gasteiger partial charge in [-0.05, 0) is 35.2 Å². The van der Waals surface area contributed by atoms with Gasteiger partial charge in [0.15, 0.2) is 0 Å². The maximum atomic E-state index is 6.03. The van der Waals surface area contributed by atoms with Gasteiger partial charge in [0.1, 0.15) is 5.82 Å². The van der Waals surface area contributed by atoms with Gasteiger partial charge in [0.05, 0.1) is 10.0 Å². The van der Waals surface area contributed by atoms with Crippen molar-refractivity contribution in [3.05, 3.63) is 22.7 Å². The maximum absolute atomic E-state index is 6.03. The highest BCUT2D eigenvalue weighted by Gasteiger charge is 2.36. The fourth-order valence-electron chi connectivity index (χ4n) is 1.35. The van der Waals surface area contributed by atoms with Crippen LogP contribution in [0.5, 0.6) is 0 Å². The van der Waals surface area contributed by atoms with Gasteiger partial charge >= 0.3 is 0 Å². The summed E-state index contributed by atoms with van der Waals surface area (Å²) in [5.74, 6) is 0.775. The van der Waals surface area contributed by atoms with Gasteiger partial charge < -0.3 is 5.73 Å². The zero-order valence-corrected chi connectivity index (χ0v) is 8.21. The molecule has 64 valence electrons. The van der Waals surface area contributed by atoms with Crippen LogP contribution in [-0.4, -0.2) is 9.97 Å². The lowest BCUT2D eigenvalue weighted by molar-refractivity contribution is 0.238. The van der Waals surface area contributed by atoms with Crippen LogP contribution in [0.1, 0.15) is 25.1 Å². The molecule has 0 unspecified atom stereocenters. The van der Waals surface area contributed by atoms with Crippen molar-refractivity contribution < 1.29 is 0 Å². The fourth-order valence-corrected chi connectivity index (χ4v) is 1.56. The fraction of sp³-hybridized carbons (Fsp3) is 0.500. The van der Waals surface area contributed by atoms with Crippen LogP contribution in [0, 0.1) is 0 Å². The van der Waals surface area contributed by atoms with Crippen LogP contribution in [0.15, 0.2) is 16.9 Å². The first-order chi connectivity index (χ1) is 5.71. The third-order valence-corrected chi connectivity index (χ3v) is 2.72. The van der Waals surface area contributed by atoms with Crippen molar-refractivity contribution in [2.45, 2.75) is 24.8 Å². The average molecular weight is 228 g/mol. The zero-order chi connectivity index (χ0) is 8.60. The van der Waals surface area contributed by atoms with Crippen LogP contribution in [0.3, 0.4) is 0 Å². The van der Waals surface area contributed by atoms with Crippen LogP contribution >= 0.6 is 15.9 Å². The highest BCUT2D eigenvalue weighted by molar-refractivity contribution is 9.10. The molecule has 2 N–H and O–H groups in total. The summed E-state index contributed by atoms with van der Waals surface area (Å²) < 4.78 is 0.897. The molecule has 1 fully saturated rings. The highest BCUT2D eigenvalue weighted by Crippen LogP contribution is 2.36. The number of aromatic nitrogens is 2. The molecule has 1 saturated carbocycles. The molecule has 0 amide bonds. The number of halogens is 1. The molecule has 1 aliphatic rings. The normalized spacial score (nSPS) is 20.2. The molecule has 0 saturated heterocycles. The van der Waals surface area contributed by atoms with Crippen molar-refractivity contribution in [2.24, 2.45) is 5.73 Å². The first-order valence-corrected chi connectivity index (χ1v) is 4.77. The van der Waals surface area contributed by atoms with Crippen LogP contribution in [-0.2, 0) is 5.54 Å². The third-order valence-electron chi connectivity index (χ3n) is 2.31. The molecule has 1 aliphatic carbocycles. The minimum Gasteiger partial charge on any atom is -0.319 e. The molecule has 4 heteroatoms. The summed E-state index contributed by atoms with van der Waals surface area (Å²) in [4.78, 5) is 8.38. The van der Waals surface area contributed by atoms with E-state index in [1.807, 2.05) is 0 Å². The number of hydrogen-bond donors (Lipinski definition) is 1. The van der Waals surface area contributed by atoms with Gasteiger partial charge in [-0.2, -0.15) is 0 Å². The molecule has 0 atom stereocenters. The van der Waals surface area contributed by atoms with Crippen molar-refractivity contribution in [3.63, 3.8) is 0 Å². The lowest BCUT2D eigenvalue weighted by Crippen LogP contribution is -2.44. The molecule has 0 aliphatic heterocycles. The van der Waals surface area contributed by atoms with E-state index in [2.05, 4.69) is 25.9 Å². The van der Waals surface area contributed by atoms with E-state index in [9.17, 15) is 0 Å². The monoisotopic (exact) mass is 227 g/mol. The van der Waals surface area contributed by atoms with Crippen LogP contribution in [0.4, 0.5) is 0 Å². The smallest absolute Gasteiger partial charge is 0.148 e. The standard InChI is InChI=1S/C8H10BrN3/c9-6-4-11-7(12-5-6)8(10)2-1-3-8/h4-5H,1-3,10H2. The van der Waals surface area contributed by atoms with E-state index >= 15 is 0 Å². The number of hydrogen-bond acceptors (Lipinski definition) is 3. The maximum Gasteiger partial charge on any atom is 0.148 e. The van der Waals surface area contributed by atoms with E-state index < -0.39 is 0 Å². The molecular weight excluding hydrogens is 218 g/mol. The van der Waals surface area contributed by atoms with Gasteiger partial charge in [0, 0.05) is 12.4 Å². The Hall–Kier alpha value is -0.480. The minimum absolute atomic E-state index is 0.235. The Bertz CT molecular complexity index is 279. The highest BCUT2D eigenvalue weighted by atomic mass is 79.9. The lowest BCUT2D eigenvalue weighted by atomic mass is 9.77. The number of nitrogens with two attached hydrogens (primary N) is 1. The predicted molar refractivity (Wildman–Crippen MR) is 49.4 cm³/mol. The Balaban J connectivity index is 2.28. The lowest BCUT2D eigenvalue weighted by Gasteiger charge is -2.36. The minimum atomic E-state index is -0.235. The van der Waals surface area contributed by atoms with Crippen LogP contribution in [0.25, 0.3) is 0 Å². The summed E-state index contributed by atoms with van der Waals surface area (Å²) in [6, 6.07) is 0. The SMILES string of the molecule is NC1(c2ncc(Br)cn2)CCC1. The molecule has 3 nitrogen and oxygen atoms in total. The molecule has 1 aromatic rings. The Labute approximate surface area is 79.5 Å². The number of nitrogens with zero attached hydrogens (tertiary/aromatic N) is 2. The van der Waals surface area contributed by atoms with Gasteiger partial charge in [-0.3, -0.25) is 0 Å². The third kappa shape index (κ3) is 1.25. The largest absolute Gasteiger partial charge is 0.319 e. The Kier molecular flexibility index (Phi) is 1.88. The van der Waals surface area contributed by atoms with Gasteiger partial charge in [0.2, 0.25) is 0 Å². The second kappa shape index (κ2) is 2.78. The van der Waals surface area contributed by atoms with E-state index in [0.29, 0.717) is 0 Å². The summed E-state index contributed by atoms with van der Waals surface area (Å²) in [6.45, 7) is 0. The quantitative estimate of drug-likeness (QED) is 0.793. The van der Waals surface area contributed by atoms with Gasteiger partial charge in [-0.15, -0.1) is 0 Å². The molecule has 12 heavy (non-hydrogen) atoms. The van der Waals surface area contributed by atoms with Crippen molar-refractivity contribution in [1.29, 1.82) is 0 Å². The summed E-state index contributed by atoms with van der Waals surface area (Å²) in [5, 5.41) is 0. The topological polar surface area (TPSA) is 51.8 Å². The van der Waals surface area contributed by atoms with Crippen molar-refractivity contribution in [1.82, 2.24) is 9.97 Å². The Morgan fingerprint density at radius 3 is 2.33 bits per heavy atom. The Morgan fingerprint density at radius 2 is 1.92 bits per heavy atom. The van der Waals surface area contributed by atoms with Crippen molar-refractivity contribution in [2.75, 3.05) is 0 Å². The van der Waals surface area contributed by atoms with E-state index in [1.165, 1.54) is 6.42 Å². The summed E-state index contributed by atoms with van der Waals surface area (Å²) in [7, 11) is 0. The molecule has 1 heterocycles. The van der Waals surface area contributed by atoms with Gasteiger partial charge in [0.25, 0.3) is 0 Å².